The van der Waals surface area contributed by atoms with Crippen molar-refractivity contribution >= 4 is 19.7 Å². The number of carbonyl (C=O) groups is 2. The van der Waals surface area contributed by atoms with Crippen molar-refractivity contribution in [1.29, 1.82) is 0 Å². The molecular weight excluding hydrogens is 457 g/mol. The second-order valence-electron chi connectivity index (χ2n) is 8.79. The van der Waals surface area contributed by atoms with Crippen molar-refractivity contribution in [2.24, 2.45) is 0 Å². The minimum Gasteiger partial charge on any atom is -0.480 e. The Kier molecular flexibility index (Phi) is 7.71. The number of rotatable bonds is 9. The second-order valence-corrected chi connectivity index (χ2v) is 10.8. The summed E-state index contributed by atoms with van der Waals surface area (Å²) in [6.45, 7) is 0.901. The molecule has 9 heteroatoms. The van der Waals surface area contributed by atoms with E-state index in [1.165, 1.54) is 6.66 Å². The highest BCUT2D eigenvalue weighted by Gasteiger charge is 2.31. The quantitative estimate of drug-likeness (QED) is 0.470. The van der Waals surface area contributed by atoms with E-state index < -0.39 is 32.3 Å². The van der Waals surface area contributed by atoms with E-state index in [1.807, 2.05) is 48.5 Å². The van der Waals surface area contributed by atoms with Gasteiger partial charge in [0.05, 0.1) is 12.7 Å². The molecule has 1 unspecified atom stereocenters. The molecule has 2 aliphatic rings. The molecule has 2 N–H and O–H groups in total. The highest BCUT2D eigenvalue weighted by Crippen LogP contribution is 2.47. The van der Waals surface area contributed by atoms with Gasteiger partial charge in [0.25, 0.3) is 0 Å². The summed E-state index contributed by atoms with van der Waals surface area (Å²) in [6, 6.07) is 14.5. The van der Waals surface area contributed by atoms with E-state index in [0.29, 0.717) is 0 Å². The van der Waals surface area contributed by atoms with Crippen molar-refractivity contribution < 1.29 is 33.0 Å². The average Bonchev–Trinajstić information content (AvgIpc) is 3.14. The molecule has 4 rings (SSSR count). The Morgan fingerprint density at radius 3 is 2.21 bits per heavy atom. The van der Waals surface area contributed by atoms with Gasteiger partial charge in [0.15, 0.2) is 6.04 Å². The van der Waals surface area contributed by atoms with Gasteiger partial charge in [-0.05, 0) is 35.1 Å². The van der Waals surface area contributed by atoms with Gasteiger partial charge in [-0.15, -0.1) is 0 Å². The Morgan fingerprint density at radius 1 is 1.03 bits per heavy atom. The number of hydrogen-bond donors (Lipinski definition) is 2. The van der Waals surface area contributed by atoms with Crippen LogP contribution in [0.3, 0.4) is 0 Å². The van der Waals surface area contributed by atoms with E-state index in [0.717, 1.165) is 54.4 Å². The third-order valence-electron chi connectivity index (χ3n) is 6.30. The Hall–Kier alpha value is -2.67. The van der Waals surface area contributed by atoms with Crippen molar-refractivity contribution in [3.63, 3.8) is 0 Å². The highest BCUT2D eigenvalue weighted by atomic mass is 31.2. The molecule has 1 fully saturated rings. The van der Waals surface area contributed by atoms with Crippen LogP contribution in [0.4, 0.5) is 4.79 Å². The minimum atomic E-state index is -3.46. The van der Waals surface area contributed by atoms with Crippen LogP contribution in [0.5, 0.6) is 0 Å². The first-order chi connectivity index (χ1) is 16.3. The van der Waals surface area contributed by atoms with Crippen LogP contribution in [0.1, 0.15) is 49.1 Å². The fourth-order valence-corrected chi connectivity index (χ4v) is 5.87. The molecule has 0 aromatic heterocycles. The first kappa shape index (κ1) is 24.5. The number of hydrogen-bond acceptors (Lipinski definition) is 6. The number of nitrogens with one attached hydrogen (secondary N) is 1. The van der Waals surface area contributed by atoms with Crippen molar-refractivity contribution in [3.05, 3.63) is 59.7 Å². The number of ether oxygens (including phenoxy) is 1. The first-order valence-corrected chi connectivity index (χ1v) is 13.6. The van der Waals surface area contributed by atoms with Gasteiger partial charge in [0, 0.05) is 12.6 Å². The molecule has 8 nitrogen and oxygen atoms in total. The standard InChI is InChI=1S/C25H30NO7P/c1-34(30,33-17-9-3-2-4-10-17)32-16-23(24(27)28)26-25(29)31-15-22-20-13-7-5-11-18(20)19-12-6-8-14-21(19)22/h5-8,11-14,17,22-23H,2-4,9-10,15-16H2,1H3,(H,26,29)(H,27,28)/t23-,34?/m0/s1. The predicted octanol–water partition coefficient (Wildman–Crippen LogP) is 5.17. The highest BCUT2D eigenvalue weighted by molar-refractivity contribution is 7.53. The number of alkyl carbamates (subject to hydrolysis) is 1. The fraction of sp³-hybridized carbons (Fsp3) is 0.440. The molecule has 2 aliphatic carbocycles. The molecule has 1 amide bonds. The van der Waals surface area contributed by atoms with Gasteiger partial charge in [-0.2, -0.15) is 0 Å². The lowest BCUT2D eigenvalue weighted by Gasteiger charge is -2.26. The zero-order valence-electron chi connectivity index (χ0n) is 19.1. The fourth-order valence-electron chi connectivity index (χ4n) is 4.64. The van der Waals surface area contributed by atoms with Crippen LogP contribution in [-0.4, -0.2) is 49.2 Å². The van der Waals surface area contributed by atoms with Crippen molar-refractivity contribution in [2.75, 3.05) is 19.9 Å². The lowest BCUT2D eigenvalue weighted by Crippen LogP contribution is -2.44. The second kappa shape index (κ2) is 10.7. The molecule has 2 aromatic carbocycles. The molecule has 2 atom stereocenters. The normalized spacial score (nSPS) is 18.4. The molecule has 1 saturated carbocycles. The Morgan fingerprint density at radius 2 is 1.62 bits per heavy atom. The van der Waals surface area contributed by atoms with Crippen LogP contribution in [0, 0.1) is 0 Å². The molecule has 34 heavy (non-hydrogen) atoms. The van der Waals surface area contributed by atoms with E-state index in [2.05, 4.69) is 5.32 Å². The summed E-state index contributed by atoms with van der Waals surface area (Å²) in [4.78, 5) is 24.1. The molecule has 0 aliphatic heterocycles. The van der Waals surface area contributed by atoms with Gasteiger partial charge in [-0.25, -0.2) is 9.59 Å². The molecule has 2 aromatic rings. The van der Waals surface area contributed by atoms with Gasteiger partial charge >= 0.3 is 19.7 Å². The Labute approximate surface area is 199 Å². The summed E-state index contributed by atoms with van der Waals surface area (Å²) >= 11 is 0. The Balaban J connectivity index is 1.32. The lowest BCUT2D eigenvalue weighted by molar-refractivity contribution is -0.140. The first-order valence-electron chi connectivity index (χ1n) is 11.6. The van der Waals surface area contributed by atoms with Gasteiger partial charge < -0.3 is 24.2 Å². The van der Waals surface area contributed by atoms with E-state index >= 15 is 0 Å². The topological polar surface area (TPSA) is 111 Å². The van der Waals surface area contributed by atoms with Gasteiger partial charge in [-0.3, -0.25) is 4.57 Å². The summed E-state index contributed by atoms with van der Waals surface area (Å²) in [6.07, 6.45) is 3.72. The van der Waals surface area contributed by atoms with Crippen molar-refractivity contribution in [3.8, 4) is 11.1 Å². The molecule has 182 valence electrons. The van der Waals surface area contributed by atoms with Gasteiger partial charge in [0.1, 0.15) is 6.61 Å². The maximum absolute atomic E-state index is 12.6. The predicted molar refractivity (Wildman–Crippen MR) is 127 cm³/mol. The molecule has 0 radical (unpaired) electrons. The number of fused-ring (bicyclic) bond motifs is 3. The summed E-state index contributed by atoms with van der Waals surface area (Å²) in [5, 5.41) is 11.8. The summed E-state index contributed by atoms with van der Waals surface area (Å²) in [5.74, 6) is -1.45. The largest absolute Gasteiger partial charge is 0.480 e. The summed E-state index contributed by atoms with van der Waals surface area (Å²) in [7, 11) is -3.46. The SMILES string of the molecule is CP(=O)(OC[C@H](NC(=O)OCC1c2ccccc2-c2ccccc21)C(=O)O)OC1CCCCC1. The molecule has 0 spiro atoms. The van der Waals surface area contributed by atoms with E-state index in [4.69, 9.17) is 13.8 Å². The van der Waals surface area contributed by atoms with Crippen LogP contribution >= 0.6 is 7.60 Å². The summed E-state index contributed by atoms with van der Waals surface area (Å²) < 4.78 is 29.0. The molecular formula is C25H30NO7P. The van der Waals surface area contributed by atoms with E-state index in [9.17, 15) is 19.3 Å². The Bertz CT molecular complexity index is 1040. The van der Waals surface area contributed by atoms with Gasteiger partial charge in [-0.1, -0.05) is 67.8 Å². The van der Waals surface area contributed by atoms with Crippen LogP contribution < -0.4 is 5.32 Å². The third kappa shape index (κ3) is 5.87. The zero-order valence-corrected chi connectivity index (χ0v) is 20.0. The number of carbonyl (C=O) groups excluding carboxylic acids is 1. The summed E-state index contributed by atoms with van der Waals surface area (Å²) in [5.41, 5.74) is 4.31. The number of aliphatic carboxylic acids is 1. The molecule has 0 saturated heterocycles. The third-order valence-corrected chi connectivity index (χ3v) is 7.60. The molecule has 0 bridgehead atoms. The van der Waals surface area contributed by atoms with Crippen molar-refractivity contribution in [2.45, 2.75) is 50.2 Å². The maximum atomic E-state index is 12.6. The number of carboxylic acids is 1. The van der Waals surface area contributed by atoms with Crippen LogP contribution in [-0.2, 0) is 23.1 Å². The van der Waals surface area contributed by atoms with Crippen LogP contribution in [0.25, 0.3) is 11.1 Å². The van der Waals surface area contributed by atoms with Crippen molar-refractivity contribution in [1.82, 2.24) is 5.32 Å². The monoisotopic (exact) mass is 487 g/mol. The van der Waals surface area contributed by atoms with Crippen LogP contribution in [0.2, 0.25) is 0 Å². The van der Waals surface area contributed by atoms with E-state index in [1.54, 1.807) is 0 Å². The zero-order chi connectivity index (χ0) is 24.1. The van der Waals surface area contributed by atoms with Gasteiger partial charge in [0.2, 0.25) is 0 Å². The number of carboxylic acid groups (broad SMARTS) is 1. The number of benzene rings is 2. The molecule has 0 heterocycles. The maximum Gasteiger partial charge on any atom is 0.407 e. The smallest absolute Gasteiger partial charge is 0.407 e. The van der Waals surface area contributed by atoms with Crippen LogP contribution in [0.15, 0.2) is 48.5 Å². The lowest BCUT2D eigenvalue weighted by atomic mass is 9.98. The minimum absolute atomic E-state index is 0.0596. The average molecular weight is 487 g/mol. The van der Waals surface area contributed by atoms with E-state index in [-0.39, 0.29) is 18.6 Å². The number of amides is 1.